The Kier molecular flexibility index (Phi) is 4.29. The van der Waals surface area contributed by atoms with E-state index in [-0.39, 0.29) is 17.3 Å². The van der Waals surface area contributed by atoms with Gasteiger partial charge in [0.25, 0.3) is 0 Å². The Morgan fingerprint density at radius 1 is 1.40 bits per heavy atom. The Labute approximate surface area is 118 Å². The second kappa shape index (κ2) is 5.80. The van der Waals surface area contributed by atoms with E-state index in [2.05, 4.69) is 4.72 Å². The fraction of sp³-hybridized carbons (Fsp3) is 0.462. The number of piperidine rings is 1. The average Bonchev–Trinajstić information content (AvgIpc) is 2.38. The Hall–Kier alpha value is -1.60. The molecule has 1 unspecified atom stereocenters. The van der Waals surface area contributed by atoms with Gasteiger partial charge < -0.3 is 5.11 Å². The highest BCUT2D eigenvalue weighted by molar-refractivity contribution is 7.90. The maximum atomic E-state index is 12.3. The van der Waals surface area contributed by atoms with Gasteiger partial charge in [-0.15, -0.1) is 0 Å². The number of nitrogens with one attached hydrogen (secondary N) is 1. The molecule has 1 aromatic carbocycles. The number of hydrogen-bond acceptors (Lipinski definition) is 3. The predicted octanol–water partition coefficient (Wildman–Crippen LogP) is 1.92. The number of carboxylic acid groups (broad SMARTS) is 1. The number of carbonyl (C=O) groups is 1. The minimum Gasteiger partial charge on any atom is -0.478 e. The van der Waals surface area contributed by atoms with Gasteiger partial charge in [-0.05, 0) is 38.0 Å². The molecule has 2 N–H and O–H groups in total. The van der Waals surface area contributed by atoms with Gasteiger partial charge in [-0.1, -0.05) is 12.5 Å². The van der Waals surface area contributed by atoms with Crippen LogP contribution in [0, 0.1) is 0 Å². The molecule has 7 heteroatoms. The van der Waals surface area contributed by atoms with Crippen LogP contribution in [-0.4, -0.2) is 36.4 Å². The summed E-state index contributed by atoms with van der Waals surface area (Å²) in [5.74, 6) is -1.09. The summed E-state index contributed by atoms with van der Waals surface area (Å²) in [6, 6.07) is 5.75. The van der Waals surface area contributed by atoms with Crippen molar-refractivity contribution in [3.05, 3.63) is 29.8 Å². The second-order valence-corrected chi connectivity index (χ2v) is 6.57. The Bertz CT molecular complexity index is 600. The molecule has 0 radical (unpaired) electrons. The van der Waals surface area contributed by atoms with Crippen molar-refractivity contribution in [1.82, 2.24) is 4.31 Å². The van der Waals surface area contributed by atoms with Crippen LogP contribution in [0.5, 0.6) is 0 Å². The summed E-state index contributed by atoms with van der Waals surface area (Å²) >= 11 is 0. The number of benzene rings is 1. The van der Waals surface area contributed by atoms with Crippen molar-refractivity contribution < 1.29 is 18.3 Å². The first-order valence-corrected chi connectivity index (χ1v) is 7.97. The van der Waals surface area contributed by atoms with Gasteiger partial charge in [-0.2, -0.15) is 12.7 Å². The molecule has 1 aliphatic rings. The van der Waals surface area contributed by atoms with Crippen LogP contribution < -0.4 is 4.72 Å². The number of rotatable bonds is 4. The number of nitrogens with zero attached hydrogens (tertiary/aromatic N) is 1. The van der Waals surface area contributed by atoms with E-state index in [0.29, 0.717) is 6.54 Å². The highest BCUT2D eigenvalue weighted by atomic mass is 32.2. The van der Waals surface area contributed by atoms with Crippen molar-refractivity contribution in [3.63, 3.8) is 0 Å². The lowest BCUT2D eigenvalue weighted by atomic mass is 10.1. The average molecular weight is 298 g/mol. The van der Waals surface area contributed by atoms with E-state index in [1.54, 1.807) is 6.07 Å². The van der Waals surface area contributed by atoms with Crippen LogP contribution in [0.1, 0.15) is 36.5 Å². The topological polar surface area (TPSA) is 86.7 Å². The van der Waals surface area contributed by atoms with E-state index < -0.39 is 16.2 Å². The standard InChI is InChI=1S/C13H18N2O4S/c1-10-5-2-3-8-15(10)20(18,19)14-12-7-4-6-11(9-12)13(16)17/h4,6-7,9-10,14H,2-3,5,8H2,1H3,(H,16,17). The first-order chi connectivity index (χ1) is 9.40. The molecule has 20 heavy (non-hydrogen) atoms. The van der Waals surface area contributed by atoms with E-state index in [0.717, 1.165) is 19.3 Å². The maximum Gasteiger partial charge on any atom is 0.335 e. The highest BCUT2D eigenvalue weighted by Gasteiger charge is 2.29. The van der Waals surface area contributed by atoms with Gasteiger partial charge in [-0.3, -0.25) is 4.72 Å². The van der Waals surface area contributed by atoms with Crippen LogP contribution >= 0.6 is 0 Å². The summed E-state index contributed by atoms with van der Waals surface area (Å²) in [6.07, 6.45) is 2.72. The molecule has 0 bridgehead atoms. The third kappa shape index (κ3) is 3.29. The van der Waals surface area contributed by atoms with Crippen molar-refractivity contribution in [2.45, 2.75) is 32.2 Å². The number of hydrogen-bond donors (Lipinski definition) is 2. The molecule has 110 valence electrons. The van der Waals surface area contributed by atoms with Crippen LogP contribution in [-0.2, 0) is 10.2 Å². The molecule has 0 spiro atoms. The van der Waals surface area contributed by atoms with Crippen LogP contribution in [0.15, 0.2) is 24.3 Å². The van der Waals surface area contributed by atoms with Crippen molar-refractivity contribution in [2.24, 2.45) is 0 Å². The van der Waals surface area contributed by atoms with Crippen LogP contribution in [0.4, 0.5) is 5.69 Å². The zero-order valence-corrected chi connectivity index (χ0v) is 12.1. The molecule has 1 saturated heterocycles. The molecular weight excluding hydrogens is 280 g/mol. The molecule has 0 saturated carbocycles. The molecule has 6 nitrogen and oxygen atoms in total. The summed E-state index contributed by atoms with van der Waals surface area (Å²) in [7, 11) is -3.64. The normalized spacial score (nSPS) is 20.6. The SMILES string of the molecule is CC1CCCCN1S(=O)(=O)Nc1cccc(C(=O)O)c1. The molecule has 1 heterocycles. The van der Waals surface area contributed by atoms with Crippen LogP contribution in [0.25, 0.3) is 0 Å². The van der Waals surface area contributed by atoms with E-state index in [1.165, 1.54) is 22.5 Å². The van der Waals surface area contributed by atoms with Crippen molar-refractivity contribution in [1.29, 1.82) is 0 Å². The lowest BCUT2D eigenvalue weighted by Gasteiger charge is -2.32. The van der Waals surface area contributed by atoms with Gasteiger partial charge in [0.15, 0.2) is 0 Å². The van der Waals surface area contributed by atoms with Gasteiger partial charge in [0, 0.05) is 12.6 Å². The maximum absolute atomic E-state index is 12.3. The van der Waals surface area contributed by atoms with Crippen molar-refractivity contribution >= 4 is 21.9 Å². The summed E-state index contributed by atoms with van der Waals surface area (Å²) < 4.78 is 28.5. The van der Waals surface area contributed by atoms with Crippen LogP contribution in [0.3, 0.4) is 0 Å². The highest BCUT2D eigenvalue weighted by Crippen LogP contribution is 2.22. The van der Waals surface area contributed by atoms with E-state index in [1.807, 2.05) is 6.92 Å². The number of aromatic carboxylic acids is 1. The number of carboxylic acids is 1. The largest absolute Gasteiger partial charge is 0.478 e. The van der Waals surface area contributed by atoms with Gasteiger partial charge in [-0.25, -0.2) is 4.79 Å². The van der Waals surface area contributed by atoms with E-state index >= 15 is 0 Å². The second-order valence-electron chi connectivity index (χ2n) is 4.95. The fourth-order valence-corrected chi connectivity index (χ4v) is 3.84. The van der Waals surface area contributed by atoms with Gasteiger partial charge >= 0.3 is 16.2 Å². The smallest absolute Gasteiger partial charge is 0.335 e. The number of anilines is 1. The third-order valence-corrected chi connectivity index (χ3v) is 5.06. The van der Waals surface area contributed by atoms with Gasteiger partial charge in [0.2, 0.25) is 0 Å². The summed E-state index contributed by atoms with van der Waals surface area (Å²) in [5.41, 5.74) is 0.319. The molecule has 1 fully saturated rings. The minimum absolute atomic E-state index is 0.0380. The van der Waals surface area contributed by atoms with E-state index in [9.17, 15) is 13.2 Å². The van der Waals surface area contributed by atoms with Crippen LogP contribution in [0.2, 0.25) is 0 Å². The first-order valence-electron chi connectivity index (χ1n) is 6.53. The van der Waals surface area contributed by atoms with E-state index in [4.69, 9.17) is 5.11 Å². The zero-order chi connectivity index (χ0) is 14.8. The molecule has 0 aliphatic carbocycles. The summed E-state index contributed by atoms with van der Waals surface area (Å²) in [6.45, 7) is 2.38. The summed E-state index contributed by atoms with van der Waals surface area (Å²) in [5, 5.41) is 8.91. The summed E-state index contributed by atoms with van der Waals surface area (Å²) in [4.78, 5) is 10.9. The Morgan fingerprint density at radius 3 is 2.80 bits per heavy atom. The zero-order valence-electron chi connectivity index (χ0n) is 11.2. The third-order valence-electron chi connectivity index (χ3n) is 3.41. The Balaban J connectivity index is 2.19. The molecule has 1 atom stereocenters. The predicted molar refractivity (Wildman–Crippen MR) is 76.0 cm³/mol. The molecular formula is C13H18N2O4S. The molecule has 0 amide bonds. The van der Waals surface area contributed by atoms with Crippen molar-refractivity contribution in [2.75, 3.05) is 11.3 Å². The monoisotopic (exact) mass is 298 g/mol. The molecule has 1 aromatic rings. The molecule has 1 aliphatic heterocycles. The van der Waals surface area contributed by atoms with Gasteiger partial charge in [0.05, 0.1) is 11.3 Å². The minimum atomic E-state index is -3.64. The van der Waals surface area contributed by atoms with Gasteiger partial charge in [0.1, 0.15) is 0 Å². The quantitative estimate of drug-likeness (QED) is 0.889. The fourth-order valence-electron chi connectivity index (χ4n) is 2.35. The lowest BCUT2D eigenvalue weighted by Crippen LogP contribution is -2.44. The molecule has 2 rings (SSSR count). The lowest BCUT2D eigenvalue weighted by molar-refractivity contribution is 0.0697. The first kappa shape index (κ1) is 14.8. The Morgan fingerprint density at radius 2 is 2.15 bits per heavy atom. The van der Waals surface area contributed by atoms with Crippen molar-refractivity contribution in [3.8, 4) is 0 Å². The molecule has 0 aromatic heterocycles.